The summed E-state index contributed by atoms with van der Waals surface area (Å²) in [6.45, 7) is 10.3. The van der Waals surface area contributed by atoms with Gasteiger partial charge in [-0.25, -0.2) is 4.98 Å². The molecule has 104 valence electrons. The topological polar surface area (TPSA) is 61.7 Å². The van der Waals surface area contributed by atoms with Crippen molar-refractivity contribution in [2.24, 2.45) is 0 Å². The Bertz CT molecular complexity index is 550. The molecule has 2 rings (SSSR count). The third kappa shape index (κ3) is 2.50. The lowest BCUT2D eigenvalue weighted by atomic mass is 10.2. The van der Waals surface area contributed by atoms with Crippen molar-refractivity contribution >= 4 is 5.82 Å². The van der Waals surface area contributed by atoms with Crippen molar-refractivity contribution in [1.82, 2.24) is 19.3 Å². The third-order valence-electron chi connectivity index (χ3n) is 3.23. The van der Waals surface area contributed by atoms with E-state index in [1.165, 1.54) is 0 Å². The Hall–Kier alpha value is -1.78. The van der Waals surface area contributed by atoms with Crippen LogP contribution in [0.2, 0.25) is 0 Å². The van der Waals surface area contributed by atoms with Gasteiger partial charge in [-0.2, -0.15) is 5.10 Å². The number of hydrogen-bond acceptors (Lipinski definition) is 3. The van der Waals surface area contributed by atoms with Crippen molar-refractivity contribution < 1.29 is 0 Å². The van der Waals surface area contributed by atoms with Crippen molar-refractivity contribution in [2.45, 2.75) is 53.1 Å². The van der Waals surface area contributed by atoms with E-state index >= 15 is 0 Å². The van der Waals surface area contributed by atoms with Crippen LogP contribution in [-0.4, -0.2) is 19.3 Å². The zero-order chi connectivity index (χ0) is 14.0. The Morgan fingerprint density at radius 3 is 2.58 bits per heavy atom. The van der Waals surface area contributed by atoms with Gasteiger partial charge in [0.1, 0.15) is 17.3 Å². The Labute approximate surface area is 114 Å². The van der Waals surface area contributed by atoms with Crippen LogP contribution in [-0.2, 0) is 13.1 Å². The van der Waals surface area contributed by atoms with Gasteiger partial charge >= 0.3 is 0 Å². The van der Waals surface area contributed by atoms with Crippen LogP contribution in [0.15, 0.2) is 12.4 Å². The SMILES string of the molecule is CCCn1cc(-c2nc(C(C)C)n(CC)c2N)cn1. The summed E-state index contributed by atoms with van der Waals surface area (Å²) in [5.41, 5.74) is 8.09. The second-order valence-electron chi connectivity index (χ2n) is 5.09. The highest BCUT2D eigenvalue weighted by molar-refractivity contribution is 5.70. The van der Waals surface area contributed by atoms with Crippen LogP contribution in [0.1, 0.15) is 45.9 Å². The zero-order valence-corrected chi connectivity index (χ0v) is 12.2. The smallest absolute Gasteiger partial charge is 0.131 e. The Balaban J connectivity index is 2.43. The zero-order valence-electron chi connectivity index (χ0n) is 12.2. The first-order chi connectivity index (χ1) is 9.08. The lowest BCUT2D eigenvalue weighted by molar-refractivity contribution is 0.603. The molecule has 0 unspecified atom stereocenters. The third-order valence-corrected chi connectivity index (χ3v) is 3.23. The van der Waals surface area contributed by atoms with Gasteiger partial charge in [-0.05, 0) is 13.3 Å². The molecule has 0 atom stereocenters. The number of nitrogens with two attached hydrogens (primary N) is 1. The molecule has 0 aromatic carbocycles. The maximum atomic E-state index is 6.23. The number of nitrogen functional groups attached to an aromatic ring is 1. The molecule has 2 N–H and O–H groups in total. The maximum absolute atomic E-state index is 6.23. The van der Waals surface area contributed by atoms with E-state index in [0.717, 1.165) is 42.4 Å². The first-order valence-electron chi connectivity index (χ1n) is 6.97. The van der Waals surface area contributed by atoms with Crippen LogP contribution in [0.25, 0.3) is 11.3 Å². The number of nitrogens with zero attached hydrogens (tertiary/aromatic N) is 4. The number of hydrogen-bond donors (Lipinski definition) is 1. The lowest BCUT2D eigenvalue weighted by Crippen LogP contribution is -2.06. The van der Waals surface area contributed by atoms with Crippen molar-refractivity contribution in [1.29, 1.82) is 0 Å². The number of anilines is 1. The van der Waals surface area contributed by atoms with E-state index in [1.54, 1.807) is 0 Å². The summed E-state index contributed by atoms with van der Waals surface area (Å²) in [4.78, 5) is 4.71. The molecule has 5 heteroatoms. The van der Waals surface area contributed by atoms with Crippen molar-refractivity contribution in [2.75, 3.05) is 5.73 Å². The Kier molecular flexibility index (Phi) is 3.93. The molecular formula is C14H23N5. The van der Waals surface area contributed by atoms with Gasteiger partial charge in [0.2, 0.25) is 0 Å². The number of aromatic nitrogens is 4. The van der Waals surface area contributed by atoms with Crippen LogP contribution < -0.4 is 5.73 Å². The molecule has 2 aromatic heterocycles. The van der Waals surface area contributed by atoms with Gasteiger partial charge in [-0.15, -0.1) is 0 Å². The maximum Gasteiger partial charge on any atom is 0.131 e. The fourth-order valence-electron chi connectivity index (χ4n) is 2.31. The Morgan fingerprint density at radius 2 is 2.05 bits per heavy atom. The van der Waals surface area contributed by atoms with E-state index in [1.807, 2.05) is 17.1 Å². The van der Waals surface area contributed by atoms with Gasteiger partial charge in [-0.3, -0.25) is 4.68 Å². The van der Waals surface area contributed by atoms with Gasteiger partial charge in [0.15, 0.2) is 0 Å². The normalized spacial score (nSPS) is 11.4. The molecule has 2 aromatic rings. The van der Waals surface area contributed by atoms with E-state index in [-0.39, 0.29) is 0 Å². The minimum absolute atomic E-state index is 0.363. The van der Waals surface area contributed by atoms with Gasteiger partial charge in [-0.1, -0.05) is 20.8 Å². The molecule has 0 spiro atoms. The standard InChI is InChI=1S/C14H23N5/c1-5-7-18-9-11(8-16-18)12-13(15)19(6-2)14(17-12)10(3)4/h8-10H,5-7,15H2,1-4H3. The molecule has 19 heavy (non-hydrogen) atoms. The van der Waals surface area contributed by atoms with Crippen LogP contribution in [0, 0.1) is 0 Å². The van der Waals surface area contributed by atoms with E-state index in [0.29, 0.717) is 5.92 Å². The molecule has 0 fully saturated rings. The van der Waals surface area contributed by atoms with Crippen molar-refractivity contribution in [3.05, 3.63) is 18.2 Å². The molecular weight excluding hydrogens is 238 g/mol. The fourth-order valence-corrected chi connectivity index (χ4v) is 2.31. The second-order valence-corrected chi connectivity index (χ2v) is 5.09. The highest BCUT2D eigenvalue weighted by Crippen LogP contribution is 2.29. The molecule has 0 bridgehead atoms. The largest absolute Gasteiger partial charge is 0.383 e. The molecule has 0 amide bonds. The molecule has 0 radical (unpaired) electrons. The molecule has 0 aliphatic heterocycles. The average molecular weight is 261 g/mol. The number of aryl methyl sites for hydroxylation is 1. The second kappa shape index (κ2) is 5.47. The lowest BCUT2D eigenvalue weighted by Gasteiger charge is -2.08. The molecule has 0 saturated heterocycles. The highest BCUT2D eigenvalue weighted by atomic mass is 15.3. The van der Waals surface area contributed by atoms with E-state index in [2.05, 4.69) is 37.4 Å². The summed E-state index contributed by atoms with van der Waals surface area (Å²) >= 11 is 0. The minimum atomic E-state index is 0.363. The molecule has 2 heterocycles. The minimum Gasteiger partial charge on any atom is -0.383 e. The quantitative estimate of drug-likeness (QED) is 0.900. The van der Waals surface area contributed by atoms with Crippen LogP contribution in [0.3, 0.4) is 0 Å². The van der Waals surface area contributed by atoms with Gasteiger partial charge < -0.3 is 10.3 Å². The summed E-state index contributed by atoms with van der Waals surface area (Å²) in [6.07, 6.45) is 4.93. The summed E-state index contributed by atoms with van der Waals surface area (Å²) < 4.78 is 4.02. The highest BCUT2D eigenvalue weighted by Gasteiger charge is 2.18. The molecule has 0 saturated carbocycles. The van der Waals surface area contributed by atoms with Crippen LogP contribution in [0.4, 0.5) is 5.82 Å². The molecule has 5 nitrogen and oxygen atoms in total. The number of imidazole rings is 1. The summed E-state index contributed by atoms with van der Waals surface area (Å²) in [6, 6.07) is 0. The Morgan fingerprint density at radius 1 is 1.32 bits per heavy atom. The first kappa shape index (κ1) is 13.6. The van der Waals surface area contributed by atoms with Gasteiger partial charge in [0, 0.05) is 30.8 Å². The molecule has 0 aliphatic rings. The van der Waals surface area contributed by atoms with E-state index < -0.39 is 0 Å². The number of rotatable bonds is 5. The summed E-state index contributed by atoms with van der Waals surface area (Å²) in [7, 11) is 0. The van der Waals surface area contributed by atoms with Gasteiger partial charge in [0.05, 0.1) is 6.20 Å². The van der Waals surface area contributed by atoms with E-state index in [9.17, 15) is 0 Å². The van der Waals surface area contributed by atoms with Crippen molar-refractivity contribution in [3.8, 4) is 11.3 Å². The van der Waals surface area contributed by atoms with Crippen LogP contribution >= 0.6 is 0 Å². The fraction of sp³-hybridized carbons (Fsp3) is 0.571. The average Bonchev–Trinajstić information content (AvgIpc) is 2.94. The monoisotopic (exact) mass is 261 g/mol. The van der Waals surface area contributed by atoms with E-state index in [4.69, 9.17) is 10.7 Å². The predicted octanol–water partition coefficient (Wildman–Crippen LogP) is 2.88. The summed E-state index contributed by atoms with van der Waals surface area (Å²) in [5, 5.41) is 4.34. The van der Waals surface area contributed by atoms with Crippen LogP contribution in [0.5, 0.6) is 0 Å². The predicted molar refractivity (Wildman–Crippen MR) is 77.9 cm³/mol. The van der Waals surface area contributed by atoms with Crippen molar-refractivity contribution in [3.63, 3.8) is 0 Å². The molecule has 0 aliphatic carbocycles. The van der Waals surface area contributed by atoms with Gasteiger partial charge in [0.25, 0.3) is 0 Å². The summed E-state index contributed by atoms with van der Waals surface area (Å²) in [5.74, 6) is 2.14. The first-order valence-corrected chi connectivity index (χ1v) is 6.97.